The van der Waals surface area contributed by atoms with Gasteiger partial charge in [-0.25, -0.2) is 0 Å². The molecule has 1 aromatic rings. The van der Waals surface area contributed by atoms with Gasteiger partial charge in [-0.05, 0) is 36.7 Å². The summed E-state index contributed by atoms with van der Waals surface area (Å²) in [4.78, 5) is 14.9. The predicted octanol–water partition coefficient (Wildman–Crippen LogP) is 2.54. The number of carbonyl (C=O) groups excluding carboxylic acids is 1. The number of benzene rings is 1. The van der Waals surface area contributed by atoms with Gasteiger partial charge in [0, 0.05) is 26.3 Å². The van der Waals surface area contributed by atoms with Gasteiger partial charge in [0.1, 0.15) is 0 Å². The Morgan fingerprint density at radius 3 is 2.65 bits per heavy atom. The van der Waals surface area contributed by atoms with Gasteiger partial charge >= 0.3 is 0 Å². The molecule has 4 heteroatoms. The van der Waals surface area contributed by atoms with E-state index in [0.29, 0.717) is 37.9 Å². The second-order valence-corrected chi connectivity index (χ2v) is 6.99. The van der Waals surface area contributed by atoms with Crippen LogP contribution in [0.25, 0.3) is 0 Å². The van der Waals surface area contributed by atoms with E-state index in [1.807, 2.05) is 4.90 Å². The molecule has 1 amide bonds. The molecule has 2 saturated heterocycles. The van der Waals surface area contributed by atoms with E-state index >= 15 is 0 Å². The quantitative estimate of drug-likeness (QED) is 0.932. The van der Waals surface area contributed by atoms with Crippen molar-refractivity contribution in [2.75, 3.05) is 26.3 Å². The summed E-state index contributed by atoms with van der Waals surface area (Å²) in [6.07, 6.45) is 3.40. The van der Waals surface area contributed by atoms with Gasteiger partial charge in [-0.1, -0.05) is 43.7 Å². The molecule has 0 aliphatic carbocycles. The second kappa shape index (κ2) is 7.02. The first-order valence-electron chi connectivity index (χ1n) is 8.85. The average Bonchev–Trinajstić information content (AvgIpc) is 2.62. The van der Waals surface area contributed by atoms with Crippen molar-refractivity contribution in [2.45, 2.75) is 44.1 Å². The van der Waals surface area contributed by atoms with Crippen LogP contribution in [0.3, 0.4) is 0 Å². The summed E-state index contributed by atoms with van der Waals surface area (Å²) in [5, 5.41) is 0. The molecule has 3 rings (SSSR count). The number of piperidine rings is 1. The Kier molecular flexibility index (Phi) is 5.02. The van der Waals surface area contributed by atoms with Crippen molar-refractivity contribution < 1.29 is 9.53 Å². The van der Waals surface area contributed by atoms with E-state index in [9.17, 15) is 4.79 Å². The number of hydrogen-bond donors (Lipinski definition) is 1. The molecule has 0 radical (unpaired) electrons. The van der Waals surface area contributed by atoms with Gasteiger partial charge in [0.2, 0.25) is 5.91 Å². The van der Waals surface area contributed by atoms with Crippen molar-refractivity contribution in [2.24, 2.45) is 11.7 Å². The zero-order chi connectivity index (χ0) is 16.3. The number of amides is 1. The molecular formula is C19H28N2O2. The molecule has 0 bridgehead atoms. The molecular weight excluding hydrogens is 288 g/mol. The lowest BCUT2D eigenvalue weighted by Gasteiger charge is -2.43. The number of hydrogen-bond acceptors (Lipinski definition) is 3. The molecule has 4 nitrogen and oxygen atoms in total. The summed E-state index contributed by atoms with van der Waals surface area (Å²) < 4.78 is 5.37. The topological polar surface area (TPSA) is 55.6 Å². The molecule has 23 heavy (non-hydrogen) atoms. The van der Waals surface area contributed by atoms with E-state index in [4.69, 9.17) is 10.5 Å². The Bertz CT molecular complexity index is 525. The molecule has 1 aromatic carbocycles. The number of nitrogens with zero attached hydrogens (tertiary/aromatic N) is 1. The van der Waals surface area contributed by atoms with Crippen LogP contribution in [-0.2, 0) is 9.53 Å². The van der Waals surface area contributed by atoms with E-state index in [2.05, 4.69) is 37.3 Å². The van der Waals surface area contributed by atoms with Crippen molar-refractivity contribution >= 4 is 5.91 Å². The van der Waals surface area contributed by atoms with Gasteiger partial charge < -0.3 is 15.4 Å². The van der Waals surface area contributed by atoms with Crippen LogP contribution in [0.5, 0.6) is 0 Å². The van der Waals surface area contributed by atoms with Gasteiger partial charge in [0.25, 0.3) is 0 Å². The monoisotopic (exact) mass is 316 g/mol. The molecule has 2 aliphatic rings. The van der Waals surface area contributed by atoms with Gasteiger partial charge in [0.15, 0.2) is 0 Å². The maximum atomic E-state index is 12.9. The number of carbonyl (C=O) groups is 1. The fourth-order valence-electron chi connectivity index (χ4n) is 4.03. The van der Waals surface area contributed by atoms with E-state index in [1.54, 1.807) is 0 Å². The largest absolute Gasteiger partial charge is 0.381 e. The van der Waals surface area contributed by atoms with Crippen molar-refractivity contribution in [3.05, 3.63) is 35.9 Å². The van der Waals surface area contributed by atoms with Gasteiger partial charge in [-0.2, -0.15) is 0 Å². The Labute approximate surface area is 139 Å². The lowest BCUT2D eigenvalue weighted by Crippen LogP contribution is -2.60. The Morgan fingerprint density at radius 1 is 1.30 bits per heavy atom. The molecule has 2 heterocycles. The van der Waals surface area contributed by atoms with Crippen LogP contribution >= 0.6 is 0 Å². The first kappa shape index (κ1) is 16.5. The highest BCUT2D eigenvalue weighted by atomic mass is 16.5. The minimum absolute atomic E-state index is 0.130. The summed E-state index contributed by atoms with van der Waals surface area (Å²) in [5.41, 5.74) is 7.09. The maximum absolute atomic E-state index is 12.9. The Morgan fingerprint density at radius 2 is 2.00 bits per heavy atom. The fraction of sp³-hybridized carbons (Fsp3) is 0.632. The molecule has 0 aromatic heterocycles. The number of nitrogens with two attached hydrogens (primary N) is 1. The Hall–Kier alpha value is -1.39. The summed E-state index contributed by atoms with van der Waals surface area (Å²) in [7, 11) is 0. The number of likely N-dealkylation sites (tertiary alicyclic amines) is 1. The fourth-order valence-corrected chi connectivity index (χ4v) is 4.03. The van der Waals surface area contributed by atoms with Crippen molar-refractivity contribution in [3.8, 4) is 0 Å². The van der Waals surface area contributed by atoms with Crippen LogP contribution in [0.1, 0.15) is 44.1 Å². The summed E-state index contributed by atoms with van der Waals surface area (Å²) in [6.45, 7) is 5.06. The molecule has 126 valence electrons. The van der Waals surface area contributed by atoms with E-state index in [-0.39, 0.29) is 5.91 Å². The molecule has 0 spiro atoms. The number of ether oxygens (including phenoxy) is 1. The molecule has 2 aliphatic heterocycles. The molecule has 2 fully saturated rings. The first-order valence-corrected chi connectivity index (χ1v) is 8.85. The molecule has 2 atom stereocenters. The third kappa shape index (κ3) is 3.43. The maximum Gasteiger partial charge on any atom is 0.242 e. The van der Waals surface area contributed by atoms with Gasteiger partial charge in [0.05, 0.1) is 5.54 Å². The molecule has 2 N–H and O–H groups in total. The average molecular weight is 316 g/mol. The lowest BCUT2D eigenvalue weighted by atomic mass is 9.78. The highest BCUT2D eigenvalue weighted by Gasteiger charge is 2.41. The second-order valence-electron chi connectivity index (χ2n) is 6.99. The zero-order valence-electron chi connectivity index (χ0n) is 14.0. The Balaban J connectivity index is 1.70. The zero-order valence-corrected chi connectivity index (χ0v) is 14.0. The predicted molar refractivity (Wildman–Crippen MR) is 91.1 cm³/mol. The third-order valence-electron chi connectivity index (χ3n) is 5.58. The van der Waals surface area contributed by atoms with Crippen molar-refractivity contribution in [1.82, 2.24) is 4.90 Å². The van der Waals surface area contributed by atoms with E-state index in [1.165, 1.54) is 5.56 Å². The SMILES string of the molecule is CCC1CN(C(=O)C2(N)CCOCC2)CCC1c1ccccc1. The summed E-state index contributed by atoms with van der Waals surface area (Å²) in [6, 6.07) is 10.7. The smallest absolute Gasteiger partial charge is 0.242 e. The van der Waals surface area contributed by atoms with Crippen molar-refractivity contribution in [1.29, 1.82) is 0 Å². The van der Waals surface area contributed by atoms with Crippen LogP contribution in [0.15, 0.2) is 30.3 Å². The first-order chi connectivity index (χ1) is 11.1. The third-order valence-corrected chi connectivity index (χ3v) is 5.58. The summed E-state index contributed by atoms with van der Waals surface area (Å²) in [5.74, 6) is 1.19. The van der Waals surface area contributed by atoms with Crippen LogP contribution in [0.2, 0.25) is 0 Å². The van der Waals surface area contributed by atoms with E-state index in [0.717, 1.165) is 25.9 Å². The lowest BCUT2D eigenvalue weighted by molar-refractivity contribution is -0.142. The van der Waals surface area contributed by atoms with Crippen LogP contribution in [0, 0.1) is 5.92 Å². The minimum Gasteiger partial charge on any atom is -0.381 e. The van der Waals surface area contributed by atoms with Gasteiger partial charge in [-0.3, -0.25) is 4.79 Å². The van der Waals surface area contributed by atoms with E-state index < -0.39 is 5.54 Å². The molecule has 0 saturated carbocycles. The molecule has 2 unspecified atom stereocenters. The highest BCUT2D eigenvalue weighted by molar-refractivity contribution is 5.86. The van der Waals surface area contributed by atoms with Crippen LogP contribution in [0.4, 0.5) is 0 Å². The van der Waals surface area contributed by atoms with Crippen LogP contribution < -0.4 is 5.73 Å². The summed E-state index contributed by atoms with van der Waals surface area (Å²) >= 11 is 0. The standard InChI is InChI=1S/C19H28N2O2/c1-2-15-14-21(18(22)19(20)9-12-23-13-10-19)11-8-17(15)16-6-4-3-5-7-16/h3-7,15,17H,2,8-14,20H2,1H3. The number of rotatable bonds is 3. The van der Waals surface area contributed by atoms with Gasteiger partial charge in [-0.15, -0.1) is 0 Å². The minimum atomic E-state index is -0.712. The van der Waals surface area contributed by atoms with Crippen LogP contribution in [-0.4, -0.2) is 42.6 Å². The normalized spacial score (nSPS) is 27.7. The van der Waals surface area contributed by atoms with Crippen molar-refractivity contribution in [3.63, 3.8) is 0 Å². The highest BCUT2D eigenvalue weighted by Crippen LogP contribution is 2.36.